The molecule has 1 aromatic rings. The first-order chi connectivity index (χ1) is 11.4. The Hall–Kier alpha value is -2.28. The third-order valence-electron chi connectivity index (χ3n) is 4.71. The molecule has 24 heavy (non-hydrogen) atoms. The largest absolute Gasteiger partial charge is 0.340 e. The van der Waals surface area contributed by atoms with Crippen molar-refractivity contribution in [2.24, 2.45) is 5.41 Å². The maximum absolute atomic E-state index is 12.9. The van der Waals surface area contributed by atoms with E-state index in [0.29, 0.717) is 26.1 Å². The predicted octanol–water partition coefficient (Wildman–Crippen LogP) is 0.523. The first kappa shape index (κ1) is 16.6. The molecule has 0 radical (unpaired) electrons. The smallest absolute Gasteiger partial charge is 0.236 e. The van der Waals surface area contributed by atoms with Gasteiger partial charge in [-0.05, 0) is 31.2 Å². The van der Waals surface area contributed by atoms with Gasteiger partial charge in [0.1, 0.15) is 5.82 Å². The highest BCUT2D eigenvalue weighted by Gasteiger charge is 2.51. The van der Waals surface area contributed by atoms with E-state index in [9.17, 15) is 18.8 Å². The summed E-state index contributed by atoms with van der Waals surface area (Å²) in [5.74, 6) is -0.877. The van der Waals surface area contributed by atoms with Gasteiger partial charge in [-0.25, -0.2) is 4.39 Å². The van der Waals surface area contributed by atoms with Gasteiger partial charge in [0.25, 0.3) is 0 Å². The SMILES string of the molecule is CN(CC(=O)N1CC[C@]2(CC(=O)NC2=O)C1)Cc1ccc(F)cc1. The van der Waals surface area contributed by atoms with E-state index in [2.05, 4.69) is 5.32 Å². The highest BCUT2D eigenvalue weighted by Crippen LogP contribution is 2.37. The van der Waals surface area contributed by atoms with E-state index in [-0.39, 0.29) is 36.5 Å². The summed E-state index contributed by atoms with van der Waals surface area (Å²) in [4.78, 5) is 39.3. The predicted molar refractivity (Wildman–Crippen MR) is 84.1 cm³/mol. The lowest BCUT2D eigenvalue weighted by molar-refractivity contribution is -0.132. The number of likely N-dealkylation sites (tertiary alicyclic amines) is 1. The molecule has 0 aromatic heterocycles. The minimum absolute atomic E-state index is 0.0661. The van der Waals surface area contributed by atoms with Crippen LogP contribution in [0.4, 0.5) is 4.39 Å². The molecule has 3 rings (SSSR count). The number of benzene rings is 1. The Balaban J connectivity index is 1.55. The van der Waals surface area contributed by atoms with Gasteiger partial charge in [0.15, 0.2) is 0 Å². The van der Waals surface area contributed by atoms with E-state index < -0.39 is 5.41 Å². The highest BCUT2D eigenvalue weighted by molar-refractivity contribution is 6.06. The molecule has 1 aromatic carbocycles. The second kappa shape index (κ2) is 6.32. The minimum atomic E-state index is -0.734. The Bertz CT molecular complexity index is 676. The first-order valence-electron chi connectivity index (χ1n) is 7.93. The molecule has 2 aliphatic rings. The molecular formula is C17H20FN3O3. The second-order valence-corrected chi connectivity index (χ2v) is 6.70. The number of hydrogen-bond donors (Lipinski definition) is 1. The fourth-order valence-corrected chi connectivity index (χ4v) is 3.39. The molecule has 2 heterocycles. The molecule has 0 saturated carbocycles. The summed E-state index contributed by atoms with van der Waals surface area (Å²) >= 11 is 0. The zero-order chi connectivity index (χ0) is 17.3. The molecule has 128 valence electrons. The van der Waals surface area contributed by atoms with Crippen LogP contribution in [0.25, 0.3) is 0 Å². The van der Waals surface area contributed by atoms with Crippen LogP contribution in [0.1, 0.15) is 18.4 Å². The normalized spacial score (nSPS) is 23.4. The van der Waals surface area contributed by atoms with Crippen LogP contribution in [0.15, 0.2) is 24.3 Å². The lowest BCUT2D eigenvalue weighted by atomic mass is 9.85. The molecule has 2 fully saturated rings. The summed E-state index contributed by atoms with van der Waals surface area (Å²) in [6.45, 7) is 1.53. The molecular weight excluding hydrogens is 313 g/mol. The van der Waals surface area contributed by atoms with Crippen LogP contribution in [0.2, 0.25) is 0 Å². The number of amides is 3. The van der Waals surface area contributed by atoms with Gasteiger partial charge in [-0.15, -0.1) is 0 Å². The van der Waals surface area contributed by atoms with Crippen molar-refractivity contribution in [3.05, 3.63) is 35.6 Å². The van der Waals surface area contributed by atoms with Crippen LogP contribution in [0.3, 0.4) is 0 Å². The van der Waals surface area contributed by atoms with Gasteiger partial charge in [-0.3, -0.25) is 24.6 Å². The quantitative estimate of drug-likeness (QED) is 0.816. The number of halogens is 1. The summed E-state index contributed by atoms with van der Waals surface area (Å²) in [6, 6.07) is 6.17. The zero-order valence-corrected chi connectivity index (χ0v) is 13.5. The van der Waals surface area contributed by atoms with Gasteiger partial charge in [0.2, 0.25) is 17.7 Å². The Labute approximate surface area is 139 Å². The van der Waals surface area contributed by atoms with E-state index in [1.165, 1.54) is 12.1 Å². The van der Waals surface area contributed by atoms with E-state index in [1.54, 1.807) is 17.0 Å². The zero-order valence-electron chi connectivity index (χ0n) is 13.5. The second-order valence-electron chi connectivity index (χ2n) is 6.70. The van der Waals surface area contributed by atoms with E-state index in [1.807, 2.05) is 11.9 Å². The standard InChI is InChI=1S/C17H20FN3O3/c1-20(9-12-2-4-13(18)5-3-12)10-15(23)21-7-6-17(11-21)8-14(22)19-16(17)24/h2-5H,6-11H2,1H3,(H,19,22,24)/t17-/m0/s1. The average molecular weight is 333 g/mol. The Kier molecular flexibility index (Phi) is 4.36. The van der Waals surface area contributed by atoms with Crippen LogP contribution in [-0.4, -0.2) is 54.2 Å². The summed E-state index contributed by atoms with van der Waals surface area (Å²) < 4.78 is 12.9. The molecule has 1 N–H and O–H groups in total. The number of nitrogens with zero attached hydrogens (tertiary/aromatic N) is 2. The summed E-state index contributed by atoms with van der Waals surface area (Å²) in [5, 5.41) is 2.33. The van der Waals surface area contributed by atoms with Crippen molar-refractivity contribution in [3.63, 3.8) is 0 Å². The van der Waals surface area contributed by atoms with Crippen molar-refractivity contribution in [2.45, 2.75) is 19.4 Å². The van der Waals surface area contributed by atoms with Crippen LogP contribution >= 0.6 is 0 Å². The van der Waals surface area contributed by atoms with Crippen LogP contribution in [-0.2, 0) is 20.9 Å². The van der Waals surface area contributed by atoms with E-state index in [0.717, 1.165) is 5.56 Å². The maximum Gasteiger partial charge on any atom is 0.236 e. The van der Waals surface area contributed by atoms with Crippen molar-refractivity contribution in [2.75, 3.05) is 26.7 Å². The number of carbonyl (C=O) groups excluding carboxylic acids is 3. The monoisotopic (exact) mass is 333 g/mol. The molecule has 2 aliphatic heterocycles. The van der Waals surface area contributed by atoms with Crippen LogP contribution in [0.5, 0.6) is 0 Å². The van der Waals surface area contributed by atoms with Crippen molar-refractivity contribution < 1.29 is 18.8 Å². The number of rotatable bonds is 4. The Morgan fingerprint density at radius 1 is 1.33 bits per heavy atom. The number of hydrogen-bond acceptors (Lipinski definition) is 4. The van der Waals surface area contributed by atoms with Crippen molar-refractivity contribution in [3.8, 4) is 0 Å². The minimum Gasteiger partial charge on any atom is -0.340 e. The highest BCUT2D eigenvalue weighted by atomic mass is 19.1. The van der Waals surface area contributed by atoms with Crippen LogP contribution < -0.4 is 5.32 Å². The van der Waals surface area contributed by atoms with Crippen LogP contribution in [0, 0.1) is 11.2 Å². The van der Waals surface area contributed by atoms with E-state index >= 15 is 0 Å². The third kappa shape index (κ3) is 3.31. The lowest BCUT2D eigenvalue weighted by Gasteiger charge is -2.23. The van der Waals surface area contributed by atoms with E-state index in [4.69, 9.17) is 0 Å². The average Bonchev–Trinajstić information content (AvgIpc) is 3.06. The number of carbonyl (C=O) groups is 3. The lowest BCUT2D eigenvalue weighted by Crippen LogP contribution is -2.40. The van der Waals surface area contributed by atoms with Gasteiger partial charge >= 0.3 is 0 Å². The molecule has 0 unspecified atom stereocenters. The van der Waals surface area contributed by atoms with Gasteiger partial charge in [-0.2, -0.15) is 0 Å². The molecule has 3 amide bonds. The third-order valence-corrected chi connectivity index (χ3v) is 4.71. The fourth-order valence-electron chi connectivity index (χ4n) is 3.39. The number of nitrogens with one attached hydrogen (secondary N) is 1. The summed E-state index contributed by atoms with van der Waals surface area (Å²) in [6.07, 6.45) is 0.693. The first-order valence-corrected chi connectivity index (χ1v) is 7.93. The van der Waals surface area contributed by atoms with Crippen molar-refractivity contribution >= 4 is 17.7 Å². The molecule has 7 heteroatoms. The molecule has 0 aliphatic carbocycles. The fraction of sp³-hybridized carbons (Fsp3) is 0.471. The molecule has 1 atom stereocenters. The van der Waals surface area contributed by atoms with Crippen molar-refractivity contribution in [1.82, 2.24) is 15.1 Å². The molecule has 0 bridgehead atoms. The Morgan fingerprint density at radius 2 is 2.04 bits per heavy atom. The number of likely N-dealkylation sites (N-methyl/N-ethyl adjacent to an activating group) is 1. The Morgan fingerprint density at radius 3 is 2.67 bits per heavy atom. The molecule has 1 spiro atoms. The topological polar surface area (TPSA) is 69.7 Å². The summed E-state index contributed by atoms with van der Waals surface area (Å²) in [5.41, 5.74) is 0.188. The molecule has 6 nitrogen and oxygen atoms in total. The maximum atomic E-state index is 12.9. The molecule has 2 saturated heterocycles. The summed E-state index contributed by atoms with van der Waals surface area (Å²) in [7, 11) is 1.82. The van der Waals surface area contributed by atoms with Crippen molar-refractivity contribution in [1.29, 1.82) is 0 Å². The van der Waals surface area contributed by atoms with Gasteiger partial charge in [-0.1, -0.05) is 12.1 Å². The number of imide groups is 1. The van der Waals surface area contributed by atoms with Gasteiger partial charge in [0.05, 0.1) is 12.0 Å². The van der Waals surface area contributed by atoms with Gasteiger partial charge < -0.3 is 4.90 Å². The van der Waals surface area contributed by atoms with Gasteiger partial charge in [0, 0.05) is 26.1 Å².